The number of carbonyl (C=O) groups is 2. The Hall–Kier alpha value is -3.26. The minimum atomic E-state index is -1.04. The van der Waals surface area contributed by atoms with Crippen molar-refractivity contribution < 1.29 is 30.0 Å². The van der Waals surface area contributed by atoms with Gasteiger partial charge in [-0.05, 0) is 56.3 Å². The molecule has 1 saturated heterocycles. The second-order valence-corrected chi connectivity index (χ2v) is 8.72. The van der Waals surface area contributed by atoms with Crippen LogP contribution in [0.4, 0.5) is 0 Å². The summed E-state index contributed by atoms with van der Waals surface area (Å²) in [5.41, 5.74) is 6.20. The number of hydrogen-bond donors (Lipinski definition) is 5. The van der Waals surface area contributed by atoms with E-state index in [2.05, 4.69) is 0 Å². The molecule has 1 aromatic carbocycles. The number of Topliss-reactive ketones (excluding diaryl/α,β-unsaturated/α-hetero) is 1. The van der Waals surface area contributed by atoms with Gasteiger partial charge in [0.2, 0.25) is 0 Å². The van der Waals surface area contributed by atoms with Gasteiger partial charge in [-0.15, -0.1) is 0 Å². The third-order valence-electron chi connectivity index (χ3n) is 7.08. The molecule has 5 rings (SSSR count). The number of nitrogens with two attached hydrogens (primary N) is 1. The van der Waals surface area contributed by atoms with Gasteiger partial charge in [0, 0.05) is 17.1 Å². The summed E-state index contributed by atoms with van der Waals surface area (Å²) in [5, 5.41) is 43.2. The van der Waals surface area contributed by atoms with Crippen molar-refractivity contribution in [2.75, 3.05) is 13.1 Å². The van der Waals surface area contributed by atoms with Crippen LogP contribution in [0.3, 0.4) is 0 Å². The van der Waals surface area contributed by atoms with Crippen LogP contribution in [0.2, 0.25) is 0 Å². The van der Waals surface area contributed by atoms with Gasteiger partial charge in [-0.1, -0.05) is 12.1 Å². The highest BCUT2D eigenvalue weighted by atomic mass is 16.3. The zero-order valence-electron chi connectivity index (χ0n) is 16.8. The van der Waals surface area contributed by atoms with Crippen LogP contribution in [0.25, 0.3) is 5.76 Å². The number of carbonyl (C=O) groups excluding carboxylic acids is 2. The number of rotatable bonds is 2. The van der Waals surface area contributed by atoms with Gasteiger partial charge < -0.3 is 26.2 Å². The van der Waals surface area contributed by atoms with Gasteiger partial charge in [-0.2, -0.15) is 0 Å². The first-order chi connectivity index (χ1) is 14.8. The third kappa shape index (κ3) is 2.71. The molecule has 1 fully saturated rings. The number of amides is 1. The number of allylic oxidation sites excluding steroid dienone is 2. The number of ketones is 1. The van der Waals surface area contributed by atoms with Crippen LogP contribution in [0, 0.1) is 11.8 Å². The minimum Gasteiger partial charge on any atom is -0.507 e. The maximum atomic E-state index is 13.2. The van der Waals surface area contributed by atoms with Crippen molar-refractivity contribution in [1.29, 1.82) is 0 Å². The van der Waals surface area contributed by atoms with Crippen LogP contribution in [0.1, 0.15) is 30.4 Å². The molecule has 1 aliphatic heterocycles. The van der Waals surface area contributed by atoms with Crippen molar-refractivity contribution >= 4 is 17.4 Å². The van der Waals surface area contributed by atoms with Crippen LogP contribution in [-0.4, -0.2) is 56.1 Å². The molecule has 0 saturated carbocycles. The lowest BCUT2D eigenvalue weighted by Gasteiger charge is -2.44. The van der Waals surface area contributed by atoms with E-state index in [0.717, 1.165) is 18.4 Å². The molecule has 31 heavy (non-hydrogen) atoms. The van der Waals surface area contributed by atoms with Crippen molar-refractivity contribution in [3.63, 3.8) is 0 Å². The number of aromatic hydroxyl groups is 1. The zero-order chi connectivity index (χ0) is 22.0. The van der Waals surface area contributed by atoms with E-state index in [4.69, 9.17) is 5.73 Å². The van der Waals surface area contributed by atoms with Crippen molar-refractivity contribution in [1.82, 2.24) is 4.90 Å². The summed E-state index contributed by atoms with van der Waals surface area (Å²) in [6.07, 6.45) is 2.71. The molecule has 1 aromatic rings. The molecular formula is C23H24N2O6. The maximum absolute atomic E-state index is 13.2. The molecule has 0 aromatic heterocycles. The number of aliphatic hydroxyl groups excluding tert-OH is 3. The molecule has 4 aliphatic rings. The standard InChI is InChI=1S/C23H24N2O6/c24-23(31)17-21(29)16-12(18(22(17)30)25-6-1-2-7-25)9-11-8-10-4-3-5-13(26)14(10)19(27)15(11)20(16)28/h3-5,11-12,18,26-29H,1-2,6-9H2,(H2,24,31). The van der Waals surface area contributed by atoms with Crippen molar-refractivity contribution in [3.05, 3.63) is 57.6 Å². The smallest absolute Gasteiger partial charge is 0.256 e. The number of primary amides is 1. The number of aliphatic hydroxyl groups is 3. The molecule has 6 N–H and O–H groups in total. The van der Waals surface area contributed by atoms with Gasteiger partial charge in [-0.3, -0.25) is 14.5 Å². The fraction of sp³-hybridized carbons (Fsp3) is 0.391. The van der Waals surface area contributed by atoms with E-state index in [0.29, 0.717) is 25.9 Å². The van der Waals surface area contributed by atoms with Crippen molar-refractivity contribution in [2.24, 2.45) is 17.6 Å². The Morgan fingerprint density at radius 2 is 1.71 bits per heavy atom. The first kappa shape index (κ1) is 19.7. The number of likely N-dealkylation sites (tertiary alicyclic amines) is 1. The highest BCUT2D eigenvalue weighted by molar-refractivity contribution is 6.22. The highest BCUT2D eigenvalue weighted by Crippen LogP contribution is 2.51. The molecule has 1 amide bonds. The average Bonchev–Trinajstić information content (AvgIpc) is 3.21. The lowest BCUT2D eigenvalue weighted by molar-refractivity contribution is -0.126. The average molecular weight is 424 g/mol. The van der Waals surface area contributed by atoms with Crippen molar-refractivity contribution in [3.8, 4) is 5.75 Å². The molecule has 0 bridgehead atoms. The number of fused-ring (bicyclic) bond motifs is 3. The van der Waals surface area contributed by atoms with E-state index in [1.807, 2.05) is 11.0 Å². The number of phenolic OH excluding ortho intramolecular Hbond substituents is 1. The van der Waals surface area contributed by atoms with Gasteiger partial charge in [0.1, 0.15) is 28.6 Å². The number of phenols is 1. The summed E-state index contributed by atoms with van der Waals surface area (Å²) < 4.78 is 0. The summed E-state index contributed by atoms with van der Waals surface area (Å²) >= 11 is 0. The zero-order valence-corrected chi connectivity index (χ0v) is 16.8. The Bertz CT molecular complexity index is 1110. The van der Waals surface area contributed by atoms with E-state index >= 15 is 0 Å². The van der Waals surface area contributed by atoms with E-state index in [9.17, 15) is 30.0 Å². The van der Waals surface area contributed by atoms with Crippen LogP contribution in [-0.2, 0) is 16.0 Å². The number of benzene rings is 1. The third-order valence-corrected chi connectivity index (χ3v) is 7.08. The molecule has 162 valence electrons. The highest BCUT2D eigenvalue weighted by Gasteiger charge is 2.51. The molecule has 8 heteroatoms. The Morgan fingerprint density at radius 3 is 2.39 bits per heavy atom. The summed E-state index contributed by atoms with van der Waals surface area (Å²) in [5.74, 6) is -3.71. The first-order valence-electron chi connectivity index (χ1n) is 10.5. The SMILES string of the molecule is NC(=O)C1=C(O)C2=C(O)C3=C(O)c4c(O)cccc4CC3CC2C(N2CCCC2)C1=O. The van der Waals surface area contributed by atoms with E-state index in [1.165, 1.54) is 6.07 Å². The monoisotopic (exact) mass is 424 g/mol. The molecule has 3 aliphatic carbocycles. The molecule has 0 spiro atoms. The largest absolute Gasteiger partial charge is 0.507 e. The van der Waals surface area contributed by atoms with Crippen LogP contribution >= 0.6 is 0 Å². The second kappa shape index (κ2) is 6.88. The van der Waals surface area contributed by atoms with Gasteiger partial charge in [0.15, 0.2) is 5.78 Å². The summed E-state index contributed by atoms with van der Waals surface area (Å²) in [4.78, 5) is 27.3. The Kier molecular flexibility index (Phi) is 4.37. The molecule has 3 atom stereocenters. The minimum absolute atomic E-state index is 0.0713. The lowest BCUT2D eigenvalue weighted by Crippen LogP contribution is -2.52. The molecule has 1 heterocycles. The predicted molar refractivity (Wildman–Crippen MR) is 111 cm³/mol. The topological polar surface area (TPSA) is 144 Å². The summed E-state index contributed by atoms with van der Waals surface area (Å²) in [7, 11) is 0. The van der Waals surface area contributed by atoms with E-state index < -0.39 is 35.0 Å². The second-order valence-electron chi connectivity index (χ2n) is 8.72. The Morgan fingerprint density at radius 1 is 1.00 bits per heavy atom. The van der Waals surface area contributed by atoms with Gasteiger partial charge in [0.05, 0.1) is 11.6 Å². The van der Waals surface area contributed by atoms with Gasteiger partial charge in [-0.25, -0.2) is 0 Å². The summed E-state index contributed by atoms with van der Waals surface area (Å²) in [6.45, 7) is 1.37. The van der Waals surface area contributed by atoms with Gasteiger partial charge >= 0.3 is 0 Å². The van der Waals surface area contributed by atoms with Crippen LogP contribution in [0.15, 0.2) is 46.4 Å². The molecular weight excluding hydrogens is 400 g/mol. The van der Waals surface area contributed by atoms with Crippen LogP contribution in [0.5, 0.6) is 5.75 Å². The Balaban J connectivity index is 1.75. The molecule has 3 unspecified atom stereocenters. The molecule has 0 radical (unpaired) electrons. The predicted octanol–water partition coefficient (Wildman–Crippen LogP) is 2.01. The summed E-state index contributed by atoms with van der Waals surface area (Å²) in [6, 6.07) is 4.26. The van der Waals surface area contributed by atoms with E-state index in [-0.39, 0.29) is 39.9 Å². The van der Waals surface area contributed by atoms with Gasteiger partial charge in [0.25, 0.3) is 5.91 Å². The fourth-order valence-electron chi connectivity index (χ4n) is 5.81. The number of nitrogens with zero attached hydrogens (tertiary/aromatic N) is 1. The maximum Gasteiger partial charge on any atom is 0.256 e. The van der Waals surface area contributed by atoms with Crippen LogP contribution < -0.4 is 5.73 Å². The number of hydrogen-bond acceptors (Lipinski definition) is 7. The lowest BCUT2D eigenvalue weighted by atomic mass is 9.64. The quantitative estimate of drug-likeness (QED) is 0.457. The fourth-order valence-corrected chi connectivity index (χ4v) is 5.81. The molecule has 8 nitrogen and oxygen atoms in total. The normalized spacial score (nSPS) is 28.5. The van der Waals surface area contributed by atoms with Crippen molar-refractivity contribution in [2.45, 2.75) is 31.7 Å². The first-order valence-corrected chi connectivity index (χ1v) is 10.5. The van der Waals surface area contributed by atoms with E-state index in [1.54, 1.807) is 6.07 Å². The Labute approximate surface area is 178 Å².